The third-order valence-electron chi connectivity index (χ3n) is 1.66. The molecule has 14 heavy (non-hydrogen) atoms. The van der Waals surface area contributed by atoms with Crippen LogP contribution < -0.4 is 0 Å². The minimum absolute atomic E-state index is 0.0253. The summed E-state index contributed by atoms with van der Waals surface area (Å²) in [6.07, 6.45) is 0.856. The van der Waals surface area contributed by atoms with Crippen molar-refractivity contribution in [3.05, 3.63) is 29.6 Å². The molecule has 0 amide bonds. The summed E-state index contributed by atoms with van der Waals surface area (Å²) >= 11 is 5.42. The Morgan fingerprint density at radius 3 is 2.79 bits per heavy atom. The Morgan fingerprint density at radius 1 is 1.43 bits per heavy atom. The number of rotatable bonds is 4. The minimum Gasteiger partial charge on any atom is -0.303 e. The molecule has 2 nitrogen and oxygen atoms in total. The van der Waals surface area contributed by atoms with E-state index in [1.807, 2.05) is 0 Å². The van der Waals surface area contributed by atoms with Gasteiger partial charge in [-0.25, -0.2) is 9.37 Å². The molecule has 1 heterocycles. The molecule has 5 heteroatoms. The van der Waals surface area contributed by atoms with Crippen molar-refractivity contribution < 1.29 is 8.78 Å². The first-order valence-corrected chi connectivity index (χ1v) is 4.64. The van der Waals surface area contributed by atoms with Gasteiger partial charge < -0.3 is 5.41 Å². The second-order valence-electron chi connectivity index (χ2n) is 2.74. The Hall–Kier alpha value is -1.03. The molecule has 0 aliphatic rings. The highest BCUT2D eigenvalue weighted by molar-refractivity contribution is 6.18. The van der Waals surface area contributed by atoms with E-state index in [9.17, 15) is 8.78 Å². The number of aromatic nitrogens is 1. The maximum absolute atomic E-state index is 13.0. The van der Waals surface area contributed by atoms with Crippen molar-refractivity contribution in [3.8, 4) is 0 Å². The Bertz CT molecular complexity index is 342. The summed E-state index contributed by atoms with van der Waals surface area (Å²) in [5, 5.41) is 7.44. The van der Waals surface area contributed by atoms with Gasteiger partial charge in [-0.3, -0.25) is 0 Å². The van der Waals surface area contributed by atoms with E-state index in [0.717, 1.165) is 12.1 Å². The molecule has 0 radical (unpaired) electrons. The molecule has 0 saturated heterocycles. The molecule has 1 aromatic heterocycles. The van der Waals surface area contributed by atoms with Gasteiger partial charge in [-0.1, -0.05) is 0 Å². The van der Waals surface area contributed by atoms with Crippen molar-refractivity contribution in [3.63, 3.8) is 0 Å². The lowest BCUT2D eigenvalue weighted by molar-refractivity contribution is 0.556. The molecule has 0 saturated carbocycles. The molecular formula is C9H9ClF2N2. The van der Waals surface area contributed by atoms with Crippen LogP contribution in [0.4, 0.5) is 8.78 Å². The SMILES string of the molecule is N=C(CCCCl)c1nc(F)ccc1F. The number of hydrogen-bond donors (Lipinski definition) is 1. The third kappa shape index (κ3) is 2.73. The molecule has 0 aliphatic heterocycles. The first-order valence-electron chi connectivity index (χ1n) is 4.11. The summed E-state index contributed by atoms with van der Waals surface area (Å²) < 4.78 is 25.7. The normalized spacial score (nSPS) is 10.2. The highest BCUT2D eigenvalue weighted by atomic mass is 35.5. The fraction of sp³-hybridized carbons (Fsp3) is 0.333. The molecule has 0 fully saturated rings. The van der Waals surface area contributed by atoms with Crippen molar-refractivity contribution in [2.45, 2.75) is 12.8 Å². The summed E-state index contributed by atoms with van der Waals surface area (Å²) in [5.41, 5.74) is -0.252. The van der Waals surface area contributed by atoms with Crippen molar-refractivity contribution >= 4 is 17.3 Å². The zero-order valence-electron chi connectivity index (χ0n) is 7.36. The van der Waals surface area contributed by atoms with Crippen molar-refractivity contribution in [2.75, 3.05) is 5.88 Å². The van der Waals surface area contributed by atoms with Crippen LogP contribution in [0.5, 0.6) is 0 Å². The number of nitrogens with one attached hydrogen (secondary N) is 1. The average Bonchev–Trinajstić information content (AvgIpc) is 2.18. The first-order chi connectivity index (χ1) is 6.65. The van der Waals surface area contributed by atoms with Crippen molar-refractivity contribution in [1.29, 1.82) is 5.41 Å². The molecule has 1 rings (SSSR count). The van der Waals surface area contributed by atoms with Crippen LogP contribution in [0.1, 0.15) is 18.5 Å². The van der Waals surface area contributed by atoms with Gasteiger partial charge in [0.05, 0.1) is 5.71 Å². The van der Waals surface area contributed by atoms with Gasteiger partial charge in [-0.2, -0.15) is 4.39 Å². The molecule has 0 aromatic carbocycles. The van der Waals surface area contributed by atoms with E-state index in [1.54, 1.807) is 0 Å². The predicted molar refractivity (Wildman–Crippen MR) is 50.9 cm³/mol. The molecule has 0 spiro atoms. The molecule has 0 aliphatic carbocycles. The lowest BCUT2D eigenvalue weighted by Gasteiger charge is -2.02. The fourth-order valence-corrected chi connectivity index (χ4v) is 1.13. The van der Waals surface area contributed by atoms with E-state index in [4.69, 9.17) is 17.0 Å². The highest BCUT2D eigenvalue weighted by Gasteiger charge is 2.10. The molecule has 0 unspecified atom stereocenters. The number of nitrogens with zero attached hydrogens (tertiary/aromatic N) is 1. The second kappa shape index (κ2) is 5.00. The van der Waals surface area contributed by atoms with E-state index in [0.29, 0.717) is 18.7 Å². The topological polar surface area (TPSA) is 36.7 Å². The Balaban J connectivity index is 2.83. The van der Waals surface area contributed by atoms with E-state index >= 15 is 0 Å². The van der Waals surface area contributed by atoms with Gasteiger partial charge in [-0.05, 0) is 25.0 Å². The molecule has 1 N–H and O–H groups in total. The van der Waals surface area contributed by atoms with Crippen LogP contribution in [0.3, 0.4) is 0 Å². The highest BCUT2D eigenvalue weighted by Crippen LogP contribution is 2.09. The molecule has 0 atom stereocenters. The molecule has 76 valence electrons. The maximum Gasteiger partial charge on any atom is 0.213 e. The van der Waals surface area contributed by atoms with Gasteiger partial charge in [-0.15, -0.1) is 11.6 Å². The zero-order chi connectivity index (χ0) is 10.6. The van der Waals surface area contributed by atoms with Gasteiger partial charge in [0.2, 0.25) is 5.95 Å². The first kappa shape index (κ1) is 11.0. The maximum atomic E-state index is 13.0. The van der Waals surface area contributed by atoms with E-state index < -0.39 is 11.8 Å². The number of hydrogen-bond acceptors (Lipinski definition) is 2. The summed E-state index contributed by atoms with van der Waals surface area (Å²) in [5.74, 6) is -1.07. The van der Waals surface area contributed by atoms with E-state index in [2.05, 4.69) is 4.98 Å². The van der Waals surface area contributed by atoms with Crippen molar-refractivity contribution in [1.82, 2.24) is 4.98 Å². The predicted octanol–water partition coefficient (Wildman–Crippen LogP) is 2.75. The zero-order valence-corrected chi connectivity index (χ0v) is 8.11. The summed E-state index contributed by atoms with van der Waals surface area (Å²) in [4.78, 5) is 3.32. The van der Waals surface area contributed by atoms with Crippen LogP contribution >= 0.6 is 11.6 Å². The Morgan fingerprint density at radius 2 is 2.14 bits per heavy atom. The van der Waals surface area contributed by atoms with Gasteiger partial charge in [0, 0.05) is 5.88 Å². The summed E-state index contributed by atoms with van der Waals surface area (Å²) in [7, 11) is 0. The summed E-state index contributed by atoms with van der Waals surface area (Å²) in [6.45, 7) is 0. The minimum atomic E-state index is -0.781. The Labute approximate surface area is 85.4 Å². The number of pyridine rings is 1. The molecule has 0 bridgehead atoms. The monoisotopic (exact) mass is 218 g/mol. The smallest absolute Gasteiger partial charge is 0.213 e. The van der Waals surface area contributed by atoms with Crippen LogP contribution in [0.25, 0.3) is 0 Å². The number of halogens is 3. The van der Waals surface area contributed by atoms with Crippen LogP contribution in [-0.2, 0) is 0 Å². The summed E-state index contributed by atoms with van der Waals surface area (Å²) in [6, 6.07) is 1.89. The Kier molecular flexibility index (Phi) is 3.95. The van der Waals surface area contributed by atoms with Gasteiger partial charge in [0.15, 0.2) is 5.82 Å². The average molecular weight is 219 g/mol. The van der Waals surface area contributed by atoms with E-state index in [-0.39, 0.29) is 11.4 Å². The standard InChI is InChI=1S/C9H9ClF2N2/c10-5-1-2-7(13)9-6(11)3-4-8(12)14-9/h3-4,13H,1-2,5H2. The van der Waals surface area contributed by atoms with Crippen LogP contribution in [-0.4, -0.2) is 16.6 Å². The quantitative estimate of drug-likeness (QED) is 0.471. The lowest BCUT2D eigenvalue weighted by atomic mass is 10.1. The largest absolute Gasteiger partial charge is 0.303 e. The van der Waals surface area contributed by atoms with Gasteiger partial charge in [0.1, 0.15) is 5.69 Å². The van der Waals surface area contributed by atoms with Gasteiger partial charge >= 0.3 is 0 Å². The molecular weight excluding hydrogens is 210 g/mol. The van der Waals surface area contributed by atoms with Crippen LogP contribution in [0.15, 0.2) is 12.1 Å². The fourth-order valence-electron chi connectivity index (χ4n) is 0.992. The van der Waals surface area contributed by atoms with Crippen molar-refractivity contribution in [2.24, 2.45) is 0 Å². The van der Waals surface area contributed by atoms with Crippen LogP contribution in [0, 0.1) is 17.2 Å². The van der Waals surface area contributed by atoms with Gasteiger partial charge in [0.25, 0.3) is 0 Å². The van der Waals surface area contributed by atoms with Crippen LogP contribution in [0.2, 0.25) is 0 Å². The van der Waals surface area contributed by atoms with E-state index in [1.165, 1.54) is 0 Å². The number of alkyl halides is 1. The molecule has 1 aromatic rings. The second-order valence-corrected chi connectivity index (χ2v) is 3.11. The third-order valence-corrected chi connectivity index (χ3v) is 1.93. The lowest BCUT2D eigenvalue weighted by Crippen LogP contribution is -2.07.